The van der Waals surface area contributed by atoms with E-state index in [0.29, 0.717) is 6.10 Å². The maximum Gasteiger partial charge on any atom is 0.0854 e. The lowest BCUT2D eigenvalue weighted by Gasteiger charge is -2.18. The van der Waals surface area contributed by atoms with Gasteiger partial charge in [0.05, 0.1) is 11.8 Å². The Labute approximate surface area is 282 Å². The van der Waals surface area contributed by atoms with Crippen molar-refractivity contribution in [2.24, 2.45) is 0 Å². The molecule has 0 atom stereocenters. The second-order valence-corrected chi connectivity index (χ2v) is 13.7. The van der Waals surface area contributed by atoms with E-state index >= 15 is 0 Å². The Morgan fingerprint density at radius 2 is 0.778 bits per heavy atom. The lowest BCUT2D eigenvalue weighted by Crippen LogP contribution is -2.17. The van der Waals surface area contributed by atoms with Crippen LogP contribution in [0.15, 0.2) is 54.6 Å². The monoisotopic (exact) mass is 624 g/mol. The highest BCUT2D eigenvalue weighted by Gasteiger charge is 2.10. The molecule has 0 unspecified atom stereocenters. The van der Waals surface area contributed by atoms with Crippen LogP contribution in [0.5, 0.6) is 0 Å². The largest absolute Gasteiger partial charge is 0.273 e. The molecule has 0 heterocycles. The summed E-state index contributed by atoms with van der Waals surface area (Å²) in [5.74, 6) is 0. The topological polar surface area (TPSA) is 21.3 Å². The molecule has 0 aliphatic rings. The summed E-state index contributed by atoms with van der Waals surface area (Å²) in [6, 6.07) is 10.4. The zero-order chi connectivity index (χ0) is 32.1. The van der Waals surface area contributed by atoms with Crippen molar-refractivity contribution in [3.8, 4) is 0 Å². The summed E-state index contributed by atoms with van der Waals surface area (Å²) in [5.41, 5.74) is 4.30. The Bertz CT molecular complexity index is 699. The molecule has 2 nitrogen and oxygen atoms in total. The summed E-state index contributed by atoms with van der Waals surface area (Å²) in [7, 11) is 0. The number of allylic oxidation sites excluding steroid dienone is 4. The van der Waals surface area contributed by atoms with Gasteiger partial charge in [0, 0.05) is 0 Å². The molecule has 1 aromatic rings. The van der Waals surface area contributed by atoms with Gasteiger partial charge < -0.3 is 0 Å². The van der Waals surface area contributed by atoms with Crippen molar-refractivity contribution in [3.05, 3.63) is 54.6 Å². The molecule has 260 valence electrons. The number of nitrogens with one attached hydrogen (secondary N) is 1. The molecule has 0 spiro atoms. The minimum Gasteiger partial charge on any atom is -0.273 e. The number of rotatable bonds is 35. The summed E-state index contributed by atoms with van der Waals surface area (Å²) < 4.78 is 0. The van der Waals surface area contributed by atoms with E-state index in [9.17, 15) is 0 Å². The molecule has 2 heteroatoms. The van der Waals surface area contributed by atoms with E-state index in [1.54, 1.807) is 0 Å². The van der Waals surface area contributed by atoms with Crippen molar-refractivity contribution >= 4 is 5.69 Å². The minimum absolute atomic E-state index is 0.318. The van der Waals surface area contributed by atoms with Gasteiger partial charge >= 0.3 is 0 Å². The Balaban J connectivity index is 2.05. The van der Waals surface area contributed by atoms with Crippen LogP contribution >= 0.6 is 0 Å². The summed E-state index contributed by atoms with van der Waals surface area (Å²) >= 11 is 0. The van der Waals surface area contributed by atoms with Crippen LogP contribution in [0, 0.1) is 0 Å². The molecule has 1 aromatic carbocycles. The van der Waals surface area contributed by atoms with E-state index < -0.39 is 0 Å². The van der Waals surface area contributed by atoms with Gasteiger partial charge in [-0.1, -0.05) is 185 Å². The van der Waals surface area contributed by atoms with E-state index in [1.165, 1.54) is 193 Å². The van der Waals surface area contributed by atoms with Gasteiger partial charge in [-0.2, -0.15) is 0 Å². The molecule has 0 fully saturated rings. The molecule has 1 rings (SSSR count). The second-order valence-electron chi connectivity index (χ2n) is 13.7. The fraction of sp³-hybridized carbons (Fsp3) is 0.767. The number of hydrogen-bond acceptors (Lipinski definition) is 2. The normalized spacial score (nSPS) is 11.9. The third-order valence-electron chi connectivity index (χ3n) is 9.19. The quantitative estimate of drug-likeness (QED) is 0.0461. The van der Waals surface area contributed by atoms with Crippen LogP contribution in [0.25, 0.3) is 0 Å². The van der Waals surface area contributed by atoms with E-state index in [-0.39, 0.29) is 0 Å². The predicted octanol–water partition coefficient (Wildman–Crippen LogP) is 15.3. The Morgan fingerprint density at radius 3 is 1.16 bits per heavy atom. The molecule has 0 aliphatic carbocycles. The first-order valence-electron chi connectivity index (χ1n) is 20.1. The SMILES string of the molecule is CCCCCCCC/C=C\CCCCCCCCC(CCCCCCCC/C=C\CCCCCCCC)ONc1ccccc1. The fourth-order valence-corrected chi connectivity index (χ4v) is 6.16. The van der Waals surface area contributed by atoms with Gasteiger partial charge in [0.1, 0.15) is 0 Å². The van der Waals surface area contributed by atoms with E-state index in [4.69, 9.17) is 4.84 Å². The van der Waals surface area contributed by atoms with Crippen molar-refractivity contribution in [3.63, 3.8) is 0 Å². The molecule has 0 aromatic heterocycles. The highest BCUT2D eigenvalue weighted by molar-refractivity contribution is 5.40. The molecule has 0 saturated carbocycles. The molecule has 0 saturated heterocycles. The number of hydrogen-bond donors (Lipinski definition) is 1. The Kier molecular flexibility index (Phi) is 32.6. The summed E-state index contributed by atoms with van der Waals surface area (Å²) in [5, 5.41) is 0. The molecule has 0 amide bonds. The highest BCUT2D eigenvalue weighted by atomic mass is 16.7. The van der Waals surface area contributed by atoms with Crippen molar-refractivity contribution in [1.29, 1.82) is 0 Å². The second kappa shape index (κ2) is 35.3. The van der Waals surface area contributed by atoms with Gasteiger partial charge in [-0.15, -0.1) is 0 Å². The van der Waals surface area contributed by atoms with Crippen LogP contribution in [0.2, 0.25) is 0 Å². The number of para-hydroxylation sites is 1. The summed E-state index contributed by atoms with van der Waals surface area (Å²) in [4.78, 5) is 6.21. The van der Waals surface area contributed by atoms with Gasteiger partial charge in [0.25, 0.3) is 0 Å². The number of unbranched alkanes of at least 4 members (excludes halogenated alkanes) is 24. The average Bonchev–Trinajstić information content (AvgIpc) is 3.06. The highest BCUT2D eigenvalue weighted by Crippen LogP contribution is 2.19. The molecule has 0 radical (unpaired) electrons. The van der Waals surface area contributed by atoms with Crippen LogP contribution < -0.4 is 5.48 Å². The van der Waals surface area contributed by atoms with Crippen molar-refractivity contribution < 1.29 is 4.84 Å². The molecule has 45 heavy (non-hydrogen) atoms. The summed E-state index contributed by atoms with van der Waals surface area (Å²) in [6.45, 7) is 4.59. The van der Waals surface area contributed by atoms with E-state index in [0.717, 1.165) is 5.69 Å². The van der Waals surface area contributed by atoms with Crippen molar-refractivity contribution in [2.75, 3.05) is 5.48 Å². The van der Waals surface area contributed by atoms with Crippen LogP contribution in [-0.2, 0) is 4.84 Å². The van der Waals surface area contributed by atoms with Crippen LogP contribution in [0.1, 0.15) is 206 Å². The lowest BCUT2D eigenvalue weighted by atomic mass is 10.0. The zero-order valence-electron chi connectivity index (χ0n) is 30.4. The maximum absolute atomic E-state index is 6.21. The molecule has 0 bridgehead atoms. The summed E-state index contributed by atoms with van der Waals surface area (Å²) in [6.07, 6.45) is 50.5. The van der Waals surface area contributed by atoms with Gasteiger partial charge in [0.15, 0.2) is 0 Å². The van der Waals surface area contributed by atoms with Gasteiger partial charge in [-0.3, -0.25) is 10.3 Å². The molecular weight excluding hydrogens is 546 g/mol. The number of anilines is 1. The lowest BCUT2D eigenvalue weighted by molar-refractivity contribution is 0.0805. The molecule has 1 N–H and O–H groups in total. The van der Waals surface area contributed by atoms with Crippen LogP contribution in [0.4, 0.5) is 5.69 Å². The zero-order valence-corrected chi connectivity index (χ0v) is 30.4. The maximum atomic E-state index is 6.21. The van der Waals surface area contributed by atoms with Gasteiger partial charge in [-0.05, 0) is 76.3 Å². The first kappa shape index (κ1) is 41.5. The molecule has 0 aliphatic heterocycles. The van der Waals surface area contributed by atoms with Crippen molar-refractivity contribution in [1.82, 2.24) is 0 Å². The Hall–Kier alpha value is -1.54. The minimum atomic E-state index is 0.318. The number of benzene rings is 1. The molecular formula is C43H77NO. The first-order valence-corrected chi connectivity index (χ1v) is 20.1. The van der Waals surface area contributed by atoms with Gasteiger partial charge in [-0.25, -0.2) is 0 Å². The fourth-order valence-electron chi connectivity index (χ4n) is 6.16. The first-order chi connectivity index (χ1) is 22.4. The van der Waals surface area contributed by atoms with Crippen molar-refractivity contribution in [2.45, 2.75) is 213 Å². The third-order valence-corrected chi connectivity index (χ3v) is 9.19. The van der Waals surface area contributed by atoms with Crippen LogP contribution in [-0.4, -0.2) is 6.10 Å². The average molecular weight is 624 g/mol. The van der Waals surface area contributed by atoms with E-state index in [2.05, 4.69) is 74.0 Å². The van der Waals surface area contributed by atoms with Gasteiger partial charge in [0.2, 0.25) is 0 Å². The van der Waals surface area contributed by atoms with E-state index in [1.807, 2.05) is 0 Å². The van der Waals surface area contributed by atoms with Crippen LogP contribution in [0.3, 0.4) is 0 Å². The standard InChI is InChI=1S/C43H77NO/c1-3-5-7-9-11-13-15-17-19-21-23-25-27-29-31-36-40-43(45-44-42-38-34-33-35-39-42)41-37-32-30-28-26-24-22-20-18-16-14-12-10-8-6-4-2/h17-20,33-35,38-39,43-44H,3-16,21-32,36-37,40-41H2,1-2H3/b19-17-,20-18-. The Morgan fingerprint density at radius 1 is 0.444 bits per heavy atom. The smallest absolute Gasteiger partial charge is 0.0854 e. The third kappa shape index (κ3) is 30.9. The predicted molar refractivity (Wildman–Crippen MR) is 203 cm³/mol.